The number of amidine groups is 1. The van der Waals surface area contributed by atoms with Gasteiger partial charge in [0.15, 0.2) is 0 Å². The van der Waals surface area contributed by atoms with Crippen molar-refractivity contribution in [2.24, 2.45) is 10.9 Å². The third kappa shape index (κ3) is 8.01. The van der Waals surface area contributed by atoms with E-state index in [9.17, 15) is 0 Å². The van der Waals surface area contributed by atoms with E-state index in [0.717, 1.165) is 42.7 Å². The van der Waals surface area contributed by atoms with Crippen molar-refractivity contribution < 1.29 is 0 Å². The lowest BCUT2D eigenvalue weighted by Gasteiger charge is -2.44. The Morgan fingerprint density at radius 2 is 1.84 bits per heavy atom. The third-order valence-electron chi connectivity index (χ3n) is 9.84. The van der Waals surface area contributed by atoms with Gasteiger partial charge in [-0.15, -0.1) is 6.42 Å². The Hall–Kier alpha value is -3.29. The van der Waals surface area contributed by atoms with Crippen LogP contribution in [0.3, 0.4) is 0 Å². The maximum atomic E-state index is 5.12. The Morgan fingerprint density at radius 1 is 1.12 bits per heavy atom. The topological polar surface area (TPSA) is 22.1 Å². The molecule has 3 aliphatic heterocycles. The molecule has 0 amide bonds. The van der Waals surface area contributed by atoms with Gasteiger partial charge in [-0.2, -0.15) is 0 Å². The Morgan fingerprint density at radius 3 is 2.35 bits per heavy atom. The predicted molar refractivity (Wildman–Crippen MR) is 185 cm³/mol. The van der Waals surface area contributed by atoms with Gasteiger partial charge in [0, 0.05) is 44.1 Å². The first-order chi connectivity index (χ1) is 20.8. The van der Waals surface area contributed by atoms with Gasteiger partial charge >= 0.3 is 0 Å². The molecule has 2 aliphatic carbocycles. The van der Waals surface area contributed by atoms with Gasteiger partial charge in [-0.1, -0.05) is 56.9 Å². The Kier molecular flexibility index (Phi) is 11.7. The van der Waals surface area contributed by atoms with Crippen LogP contribution in [0.25, 0.3) is 0 Å². The maximum Gasteiger partial charge on any atom is 0.137 e. The molecule has 1 unspecified atom stereocenters. The zero-order valence-electron chi connectivity index (χ0n) is 27.8. The Bertz CT molecular complexity index is 1320. The molecule has 1 saturated heterocycles. The molecule has 0 N–H and O–H groups in total. The lowest BCUT2D eigenvalue weighted by Crippen LogP contribution is -2.52. The van der Waals surface area contributed by atoms with Crippen LogP contribution in [0, 0.1) is 18.3 Å². The average Bonchev–Trinajstić information content (AvgIpc) is 2.96. The molecule has 5 rings (SSSR count). The highest BCUT2D eigenvalue weighted by Gasteiger charge is 2.30. The number of aliphatic imine (C=N–C) groups is 1. The van der Waals surface area contributed by atoms with Crippen LogP contribution >= 0.6 is 0 Å². The summed E-state index contributed by atoms with van der Waals surface area (Å²) in [6.07, 6.45) is 30.6. The highest BCUT2D eigenvalue weighted by molar-refractivity contribution is 5.99. The number of rotatable bonds is 8. The fourth-order valence-corrected chi connectivity index (χ4v) is 6.05. The fourth-order valence-electron chi connectivity index (χ4n) is 6.05. The number of nitrogens with zero attached hydrogens (tertiary/aromatic N) is 4. The number of hydrogen-bond donors (Lipinski definition) is 0. The lowest BCUT2D eigenvalue weighted by atomic mass is 9.88. The highest BCUT2D eigenvalue weighted by Crippen LogP contribution is 2.37. The summed E-state index contributed by atoms with van der Waals surface area (Å²) in [5, 5.41) is 0. The van der Waals surface area contributed by atoms with Crippen LogP contribution in [0.15, 0.2) is 99.2 Å². The van der Waals surface area contributed by atoms with Crippen LogP contribution in [0.2, 0.25) is 0 Å². The van der Waals surface area contributed by atoms with Crippen molar-refractivity contribution in [2.75, 3.05) is 26.2 Å². The van der Waals surface area contributed by atoms with Crippen molar-refractivity contribution in [3.05, 3.63) is 94.2 Å². The second-order valence-corrected chi connectivity index (χ2v) is 12.6. The van der Waals surface area contributed by atoms with Gasteiger partial charge in [-0.25, -0.2) is 4.99 Å². The molecule has 3 fully saturated rings. The molecule has 0 aromatic heterocycles. The molecule has 1 atom stereocenters. The molecule has 0 aromatic carbocycles. The van der Waals surface area contributed by atoms with Crippen LogP contribution in [-0.2, 0) is 0 Å². The first kappa shape index (κ1) is 32.6. The Labute approximate surface area is 262 Å². The normalized spacial score (nSPS) is 22.3. The average molecular weight is 579 g/mol. The summed E-state index contributed by atoms with van der Waals surface area (Å²) >= 11 is 0. The third-order valence-corrected chi connectivity index (χ3v) is 9.84. The first-order valence-corrected chi connectivity index (χ1v) is 16.7. The summed E-state index contributed by atoms with van der Waals surface area (Å²) in [6.45, 7) is 21.6. The van der Waals surface area contributed by atoms with Crippen LogP contribution in [0.4, 0.5) is 0 Å². The van der Waals surface area contributed by atoms with Crippen molar-refractivity contribution in [3.63, 3.8) is 0 Å². The van der Waals surface area contributed by atoms with Crippen molar-refractivity contribution in [3.8, 4) is 12.3 Å². The van der Waals surface area contributed by atoms with Crippen LogP contribution in [0.1, 0.15) is 92.9 Å². The first-order valence-electron chi connectivity index (χ1n) is 16.7. The molecule has 5 aliphatic rings. The van der Waals surface area contributed by atoms with E-state index in [1.165, 1.54) is 86.1 Å². The monoisotopic (exact) mass is 578 g/mol. The SMILES string of the molecule is C#C/C=C(/C)C(C)CC.C=C(C)/C(=C\C(=C/C)C1=CC(=C2CCC2)N2C=C(N3CCN(C4CCC4)CC3)C=CC2=N1)CC. The quantitative estimate of drug-likeness (QED) is 0.212. The van der Waals surface area contributed by atoms with Crippen LogP contribution in [0.5, 0.6) is 0 Å². The van der Waals surface area contributed by atoms with E-state index in [2.05, 4.69) is 105 Å². The summed E-state index contributed by atoms with van der Waals surface area (Å²) in [6, 6.07) is 0.852. The van der Waals surface area contributed by atoms with Crippen molar-refractivity contribution in [1.82, 2.24) is 14.7 Å². The minimum absolute atomic E-state index is 0.640. The maximum absolute atomic E-state index is 5.12. The molecule has 0 spiro atoms. The van der Waals surface area contributed by atoms with E-state index in [0.29, 0.717) is 5.92 Å². The summed E-state index contributed by atoms with van der Waals surface area (Å²) < 4.78 is 0. The number of terminal acetylenes is 1. The van der Waals surface area contributed by atoms with Gasteiger partial charge in [-0.05, 0) is 119 Å². The molecule has 230 valence electrons. The van der Waals surface area contributed by atoms with Gasteiger partial charge in [0.2, 0.25) is 0 Å². The van der Waals surface area contributed by atoms with Gasteiger partial charge in [-0.3, -0.25) is 9.80 Å². The van der Waals surface area contributed by atoms with Gasteiger partial charge < -0.3 is 4.90 Å². The molecular formula is C39H54N4. The zero-order valence-corrected chi connectivity index (χ0v) is 27.8. The molecule has 4 nitrogen and oxygen atoms in total. The molecule has 2 saturated carbocycles. The second kappa shape index (κ2) is 15.4. The fraction of sp³-hybridized carbons (Fsp3) is 0.513. The van der Waals surface area contributed by atoms with Gasteiger partial charge in [0.25, 0.3) is 0 Å². The van der Waals surface area contributed by atoms with E-state index >= 15 is 0 Å². The van der Waals surface area contributed by atoms with Crippen molar-refractivity contribution in [2.45, 2.75) is 99.0 Å². The molecule has 0 radical (unpaired) electrons. The highest BCUT2D eigenvalue weighted by atomic mass is 15.3. The zero-order chi connectivity index (χ0) is 30.9. The molecule has 0 aromatic rings. The van der Waals surface area contributed by atoms with Gasteiger partial charge in [0.05, 0.1) is 11.4 Å². The summed E-state index contributed by atoms with van der Waals surface area (Å²) in [7, 11) is 0. The molecule has 43 heavy (non-hydrogen) atoms. The molecule has 3 heterocycles. The van der Waals surface area contributed by atoms with Crippen molar-refractivity contribution in [1.29, 1.82) is 0 Å². The second-order valence-electron chi connectivity index (χ2n) is 12.6. The Balaban J connectivity index is 0.000000410. The molecule has 4 heteroatoms. The van der Waals surface area contributed by atoms with Crippen LogP contribution < -0.4 is 0 Å². The van der Waals surface area contributed by atoms with E-state index in [4.69, 9.17) is 11.4 Å². The molecule has 0 bridgehead atoms. The summed E-state index contributed by atoms with van der Waals surface area (Å²) in [5.74, 6) is 4.19. The van der Waals surface area contributed by atoms with E-state index < -0.39 is 0 Å². The van der Waals surface area contributed by atoms with Crippen LogP contribution in [-0.4, -0.2) is 52.8 Å². The smallest absolute Gasteiger partial charge is 0.137 e. The molecular weight excluding hydrogens is 524 g/mol. The minimum atomic E-state index is 0.640. The number of hydrogen-bond acceptors (Lipinski definition) is 4. The largest absolute Gasteiger partial charge is 0.368 e. The number of allylic oxidation sites excluding steroid dienone is 9. The standard InChI is InChI=1S/C30H40N4.C9H14/c1-5-23(22(3)4)19-24(6-2)28-20-29(25-9-7-10-25)34-21-27(13-14-30(34)31-28)33-17-15-32(16-18-33)26-11-8-12-26;1-5-7-9(4)8(3)6-2/h6,13-14,19-21,26H,3,5,7-12,15-18H2,1-2,4H3;1,7-8H,6H2,2-4H3/b23-19-,24-6+;9-7-. The van der Waals surface area contributed by atoms with E-state index in [1.807, 2.05) is 6.08 Å². The van der Waals surface area contributed by atoms with Gasteiger partial charge in [0.1, 0.15) is 5.84 Å². The van der Waals surface area contributed by atoms with E-state index in [-0.39, 0.29) is 0 Å². The predicted octanol–water partition coefficient (Wildman–Crippen LogP) is 9.07. The lowest BCUT2D eigenvalue weighted by molar-refractivity contribution is 0.0755. The van der Waals surface area contributed by atoms with E-state index in [1.54, 1.807) is 5.57 Å². The number of fused-ring (bicyclic) bond motifs is 1. The summed E-state index contributed by atoms with van der Waals surface area (Å²) in [4.78, 5) is 12.7. The van der Waals surface area contributed by atoms with Crippen molar-refractivity contribution >= 4 is 5.84 Å². The minimum Gasteiger partial charge on any atom is -0.368 e. The summed E-state index contributed by atoms with van der Waals surface area (Å²) in [5.41, 5.74) is 10.2. The number of piperazine rings is 1.